The summed E-state index contributed by atoms with van der Waals surface area (Å²) in [7, 11) is 4.13. The Labute approximate surface area is 246 Å². The number of nitrogens with one attached hydrogen (secondary N) is 3. The summed E-state index contributed by atoms with van der Waals surface area (Å²) < 4.78 is 12.8. The van der Waals surface area contributed by atoms with Gasteiger partial charge in [-0.2, -0.15) is 0 Å². The number of nitrogens with zero attached hydrogens (tertiary/aromatic N) is 2. The lowest BCUT2D eigenvalue weighted by Crippen LogP contribution is -2.57. The zero-order valence-electron chi connectivity index (χ0n) is 25.8. The number of hydrogen-bond donors (Lipinski definition) is 3. The molecule has 2 saturated heterocycles. The molecule has 1 aromatic carbocycles. The second-order valence-corrected chi connectivity index (χ2v) is 13.3. The number of likely N-dealkylation sites (tertiary alicyclic amines) is 1. The Bertz CT molecular complexity index is 982. The van der Waals surface area contributed by atoms with Gasteiger partial charge in [0, 0.05) is 25.2 Å². The Hall–Kier alpha value is -2.36. The lowest BCUT2D eigenvalue weighted by Gasteiger charge is -2.47. The third-order valence-electron chi connectivity index (χ3n) is 8.76. The van der Waals surface area contributed by atoms with Gasteiger partial charge >= 0.3 is 0 Å². The van der Waals surface area contributed by atoms with Crippen LogP contribution in [0.4, 0.5) is 4.39 Å². The molecule has 1 saturated carbocycles. The molecule has 2 heterocycles. The zero-order valence-corrected chi connectivity index (χ0v) is 25.8. The molecule has 2 amide bonds. The lowest BCUT2D eigenvalue weighted by atomic mass is 9.63. The van der Waals surface area contributed by atoms with Gasteiger partial charge in [-0.15, -0.1) is 0 Å². The highest BCUT2D eigenvalue weighted by Crippen LogP contribution is 2.46. The molecule has 41 heavy (non-hydrogen) atoms. The van der Waals surface area contributed by atoms with Gasteiger partial charge in [0.15, 0.2) is 0 Å². The van der Waals surface area contributed by atoms with E-state index in [9.17, 15) is 18.8 Å². The summed E-state index contributed by atoms with van der Waals surface area (Å²) in [6.45, 7) is 10.7. The summed E-state index contributed by atoms with van der Waals surface area (Å²) in [6, 6.07) is 5.01. The standard InChI is InChI=1S/C17H32N2O.C15H20FN3O2/c1-16(2,3)18-15(20)17(10-12-19(4)13-11-17)14-8-6-5-7-9-14;1-19-7-6-17-14(9-19)15(21)18-13(10-20)8-11-2-4-12(16)5-3-11/h14H,5-13H2,1-4H3,(H,18,20);2-5,10,13-14,17H,6-9H2,1H3,(H,18,21)/t;13-,14?/m.1/s1. The molecule has 2 aliphatic heterocycles. The van der Waals surface area contributed by atoms with Crippen molar-refractivity contribution in [3.8, 4) is 0 Å². The fourth-order valence-corrected chi connectivity index (χ4v) is 6.32. The Morgan fingerprint density at radius 1 is 1.05 bits per heavy atom. The van der Waals surface area contributed by atoms with Crippen LogP contribution in [0, 0.1) is 17.2 Å². The molecule has 0 bridgehead atoms. The quantitative estimate of drug-likeness (QED) is 0.434. The number of likely N-dealkylation sites (N-methyl/N-ethyl adjacent to an activating group) is 1. The van der Waals surface area contributed by atoms with Crippen LogP contribution in [0.15, 0.2) is 24.3 Å². The minimum atomic E-state index is -0.600. The Balaban J connectivity index is 0.000000226. The molecule has 1 aromatic rings. The maximum Gasteiger partial charge on any atom is 0.239 e. The maximum atomic E-state index is 13.0. The molecule has 2 atom stereocenters. The average Bonchev–Trinajstić information content (AvgIpc) is 2.94. The van der Waals surface area contributed by atoms with Crippen LogP contribution >= 0.6 is 0 Å². The average molecular weight is 574 g/mol. The third kappa shape index (κ3) is 10.1. The first kappa shape index (κ1) is 33.1. The smallest absolute Gasteiger partial charge is 0.239 e. The van der Waals surface area contributed by atoms with Crippen LogP contribution in [-0.2, 0) is 20.8 Å². The van der Waals surface area contributed by atoms with Crippen molar-refractivity contribution in [1.82, 2.24) is 25.8 Å². The number of halogens is 1. The monoisotopic (exact) mass is 573 g/mol. The third-order valence-corrected chi connectivity index (χ3v) is 8.76. The van der Waals surface area contributed by atoms with Gasteiger partial charge in [0.2, 0.25) is 11.8 Å². The summed E-state index contributed by atoms with van der Waals surface area (Å²) in [5.41, 5.74) is 0.588. The summed E-state index contributed by atoms with van der Waals surface area (Å²) in [6.07, 6.45) is 9.63. The van der Waals surface area contributed by atoms with E-state index in [2.05, 4.69) is 53.6 Å². The van der Waals surface area contributed by atoms with Crippen LogP contribution < -0.4 is 16.0 Å². The van der Waals surface area contributed by atoms with E-state index in [1.807, 2.05) is 7.05 Å². The zero-order chi connectivity index (χ0) is 30.0. The number of aldehydes is 1. The number of rotatable bonds is 7. The Morgan fingerprint density at radius 3 is 2.24 bits per heavy atom. The molecule has 230 valence electrons. The van der Waals surface area contributed by atoms with Crippen molar-refractivity contribution >= 4 is 18.1 Å². The Morgan fingerprint density at radius 2 is 1.68 bits per heavy atom. The van der Waals surface area contributed by atoms with Gasteiger partial charge in [-0.05, 0) is 104 Å². The van der Waals surface area contributed by atoms with Crippen molar-refractivity contribution in [1.29, 1.82) is 0 Å². The van der Waals surface area contributed by atoms with E-state index in [-0.39, 0.29) is 28.7 Å². The van der Waals surface area contributed by atoms with Gasteiger partial charge in [0.1, 0.15) is 12.1 Å². The molecule has 1 unspecified atom stereocenters. The van der Waals surface area contributed by atoms with E-state index < -0.39 is 6.04 Å². The van der Waals surface area contributed by atoms with Gasteiger partial charge < -0.3 is 30.5 Å². The molecule has 0 spiro atoms. The van der Waals surface area contributed by atoms with Crippen molar-refractivity contribution in [2.75, 3.05) is 46.8 Å². The number of piperazine rings is 1. The molecule has 9 heteroatoms. The lowest BCUT2D eigenvalue weighted by molar-refractivity contribution is -0.140. The van der Waals surface area contributed by atoms with Crippen LogP contribution in [0.25, 0.3) is 0 Å². The summed E-state index contributed by atoms with van der Waals surface area (Å²) in [5, 5.41) is 9.15. The first-order chi connectivity index (χ1) is 19.4. The van der Waals surface area contributed by atoms with E-state index in [0.717, 1.165) is 44.6 Å². The van der Waals surface area contributed by atoms with E-state index in [0.29, 0.717) is 31.1 Å². The van der Waals surface area contributed by atoms with E-state index in [1.54, 1.807) is 12.1 Å². The molecule has 0 aromatic heterocycles. The predicted octanol–water partition coefficient (Wildman–Crippen LogP) is 3.15. The van der Waals surface area contributed by atoms with Crippen LogP contribution in [-0.4, -0.2) is 92.3 Å². The van der Waals surface area contributed by atoms with Gasteiger partial charge in [-0.25, -0.2) is 4.39 Å². The number of benzene rings is 1. The molecule has 3 N–H and O–H groups in total. The van der Waals surface area contributed by atoms with Crippen molar-refractivity contribution in [2.45, 2.75) is 89.8 Å². The highest BCUT2D eigenvalue weighted by Gasteiger charge is 2.47. The largest absolute Gasteiger partial charge is 0.351 e. The number of piperidine rings is 1. The van der Waals surface area contributed by atoms with Gasteiger partial charge in [-0.3, -0.25) is 9.59 Å². The molecular weight excluding hydrogens is 521 g/mol. The number of amides is 2. The molecule has 8 nitrogen and oxygen atoms in total. The van der Waals surface area contributed by atoms with Crippen molar-refractivity contribution in [3.05, 3.63) is 35.6 Å². The first-order valence-electron chi connectivity index (χ1n) is 15.3. The highest BCUT2D eigenvalue weighted by atomic mass is 19.1. The van der Waals surface area contributed by atoms with Crippen LogP contribution in [0.1, 0.15) is 71.3 Å². The van der Waals surface area contributed by atoms with Gasteiger partial charge in [0.05, 0.1) is 17.5 Å². The van der Waals surface area contributed by atoms with E-state index in [4.69, 9.17) is 0 Å². The van der Waals surface area contributed by atoms with Crippen molar-refractivity contribution < 1.29 is 18.8 Å². The molecule has 0 radical (unpaired) electrons. The second kappa shape index (κ2) is 15.2. The van der Waals surface area contributed by atoms with Crippen LogP contribution in [0.5, 0.6) is 0 Å². The fraction of sp³-hybridized carbons (Fsp3) is 0.719. The highest BCUT2D eigenvalue weighted by molar-refractivity contribution is 5.85. The maximum absolute atomic E-state index is 13.0. The van der Waals surface area contributed by atoms with E-state index in [1.165, 1.54) is 44.2 Å². The van der Waals surface area contributed by atoms with Crippen molar-refractivity contribution in [2.24, 2.45) is 11.3 Å². The summed E-state index contributed by atoms with van der Waals surface area (Å²) >= 11 is 0. The van der Waals surface area contributed by atoms with Crippen LogP contribution in [0.3, 0.4) is 0 Å². The molecule has 3 fully saturated rings. The first-order valence-corrected chi connectivity index (χ1v) is 15.3. The Kier molecular flexibility index (Phi) is 12.3. The van der Waals surface area contributed by atoms with Crippen molar-refractivity contribution in [3.63, 3.8) is 0 Å². The molecular formula is C32H52FN5O3. The molecule has 4 rings (SSSR count). The number of carbonyl (C=O) groups excluding carboxylic acids is 3. The summed E-state index contributed by atoms with van der Waals surface area (Å²) in [4.78, 5) is 40.7. The minimum Gasteiger partial charge on any atom is -0.351 e. The SMILES string of the molecule is CN1CCC(C(=O)NC(C)(C)C)(C2CCCCC2)CC1.CN1CCNC(C(=O)N[C@@H](C=O)Cc2ccc(F)cc2)C1. The molecule has 3 aliphatic rings. The van der Waals surface area contributed by atoms with Gasteiger partial charge in [0.25, 0.3) is 0 Å². The fourth-order valence-electron chi connectivity index (χ4n) is 6.32. The summed E-state index contributed by atoms with van der Waals surface area (Å²) in [5.74, 6) is 0.429. The number of carbonyl (C=O) groups is 3. The minimum absolute atomic E-state index is 0.0970. The predicted molar refractivity (Wildman–Crippen MR) is 161 cm³/mol. The molecule has 1 aliphatic carbocycles. The van der Waals surface area contributed by atoms with E-state index >= 15 is 0 Å². The number of hydrogen-bond acceptors (Lipinski definition) is 6. The topological polar surface area (TPSA) is 93.8 Å². The normalized spacial score (nSPS) is 23.0. The second-order valence-electron chi connectivity index (χ2n) is 13.3. The van der Waals surface area contributed by atoms with Crippen LogP contribution in [0.2, 0.25) is 0 Å². The van der Waals surface area contributed by atoms with Gasteiger partial charge in [-0.1, -0.05) is 31.4 Å².